The van der Waals surface area contributed by atoms with Gasteiger partial charge < -0.3 is 4.98 Å². The van der Waals surface area contributed by atoms with Crippen molar-refractivity contribution < 1.29 is 13.4 Å². The largest absolute Gasteiger partial charge is 0.340 e. The molecule has 5 rings (SSSR count). The van der Waals surface area contributed by atoms with Crippen LogP contribution in [-0.2, 0) is 19.5 Å². The number of halogens is 2. The minimum atomic E-state index is -0.622. The van der Waals surface area contributed by atoms with Crippen molar-refractivity contribution in [1.82, 2.24) is 25.2 Å². The van der Waals surface area contributed by atoms with Crippen molar-refractivity contribution in [2.75, 3.05) is 6.54 Å². The summed E-state index contributed by atoms with van der Waals surface area (Å²) in [7, 11) is 0. The molecule has 3 heterocycles. The Morgan fingerprint density at radius 3 is 2.96 bits per heavy atom. The number of H-pyrrole nitrogens is 1. The highest BCUT2D eigenvalue weighted by Crippen LogP contribution is 2.26. The SMILES string of the molecule is Fc1ccc(-c2nc3c([nH]2)CN(Cc2cccc4nonc24)CC3)c(F)c1. The van der Waals surface area contributed by atoms with Gasteiger partial charge in [0.05, 0.1) is 17.0 Å². The third kappa shape index (κ3) is 2.87. The van der Waals surface area contributed by atoms with Crippen LogP contribution >= 0.6 is 0 Å². The summed E-state index contributed by atoms with van der Waals surface area (Å²) >= 11 is 0. The van der Waals surface area contributed by atoms with Crippen LogP contribution in [0.2, 0.25) is 0 Å². The van der Waals surface area contributed by atoms with E-state index in [2.05, 4.69) is 25.2 Å². The quantitative estimate of drug-likeness (QED) is 0.601. The summed E-state index contributed by atoms with van der Waals surface area (Å²) in [5.74, 6) is -0.791. The van der Waals surface area contributed by atoms with Gasteiger partial charge in [-0.15, -0.1) is 0 Å². The van der Waals surface area contributed by atoms with Crippen molar-refractivity contribution in [3.8, 4) is 11.4 Å². The van der Waals surface area contributed by atoms with E-state index in [4.69, 9.17) is 4.63 Å². The van der Waals surface area contributed by atoms with E-state index in [-0.39, 0.29) is 5.56 Å². The fourth-order valence-corrected chi connectivity index (χ4v) is 3.52. The average Bonchev–Trinajstić information content (AvgIpc) is 3.28. The smallest absolute Gasteiger partial charge is 0.140 e. The van der Waals surface area contributed by atoms with Crippen LogP contribution in [0.3, 0.4) is 0 Å². The molecule has 0 aliphatic carbocycles. The molecule has 0 spiro atoms. The molecule has 4 aromatic rings. The zero-order chi connectivity index (χ0) is 18.4. The molecule has 0 bridgehead atoms. The van der Waals surface area contributed by atoms with E-state index in [1.54, 1.807) is 0 Å². The number of aromatic amines is 1. The van der Waals surface area contributed by atoms with Gasteiger partial charge in [-0.25, -0.2) is 18.4 Å². The number of nitrogens with one attached hydrogen (secondary N) is 1. The zero-order valence-electron chi connectivity index (χ0n) is 14.2. The highest BCUT2D eigenvalue weighted by molar-refractivity contribution is 5.76. The molecule has 0 atom stereocenters. The van der Waals surface area contributed by atoms with Crippen LogP contribution in [-0.4, -0.2) is 31.7 Å². The van der Waals surface area contributed by atoms with Crippen LogP contribution in [0.25, 0.3) is 22.4 Å². The second-order valence-electron chi connectivity index (χ2n) is 6.64. The Morgan fingerprint density at radius 1 is 1.15 bits per heavy atom. The topological polar surface area (TPSA) is 70.8 Å². The fraction of sp³-hybridized carbons (Fsp3) is 0.211. The highest BCUT2D eigenvalue weighted by Gasteiger charge is 2.22. The van der Waals surface area contributed by atoms with E-state index in [1.807, 2.05) is 18.2 Å². The highest BCUT2D eigenvalue weighted by atomic mass is 19.1. The van der Waals surface area contributed by atoms with Gasteiger partial charge in [-0.1, -0.05) is 12.1 Å². The van der Waals surface area contributed by atoms with E-state index in [1.165, 1.54) is 12.1 Å². The summed E-state index contributed by atoms with van der Waals surface area (Å²) < 4.78 is 32.0. The number of rotatable bonds is 3. The lowest BCUT2D eigenvalue weighted by Crippen LogP contribution is -2.30. The second kappa shape index (κ2) is 6.24. The lowest BCUT2D eigenvalue weighted by Gasteiger charge is -2.25. The van der Waals surface area contributed by atoms with Gasteiger partial charge in [0, 0.05) is 32.1 Å². The van der Waals surface area contributed by atoms with Crippen molar-refractivity contribution in [2.24, 2.45) is 0 Å². The number of fused-ring (bicyclic) bond motifs is 2. The normalized spacial score (nSPS) is 14.6. The minimum absolute atomic E-state index is 0.274. The summed E-state index contributed by atoms with van der Waals surface area (Å²) in [5, 5.41) is 7.86. The van der Waals surface area contributed by atoms with Crippen LogP contribution in [0, 0.1) is 11.6 Å². The molecule has 1 N–H and O–H groups in total. The number of imidazole rings is 1. The first-order valence-corrected chi connectivity index (χ1v) is 8.63. The maximum atomic E-state index is 14.1. The zero-order valence-corrected chi connectivity index (χ0v) is 14.2. The molecule has 2 aromatic carbocycles. The third-order valence-corrected chi connectivity index (χ3v) is 4.86. The maximum Gasteiger partial charge on any atom is 0.140 e. The minimum Gasteiger partial charge on any atom is -0.340 e. The van der Waals surface area contributed by atoms with Gasteiger partial charge in [0.1, 0.15) is 28.5 Å². The van der Waals surface area contributed by atoms with E-state index in [9.17, 15) is 8.78 Å². The van der Waals surface area contributed by atoms with Gasteiger partial charge in [0.25, 0.3) is 0 Å². The number of hydrogen-bond donors (Lipinski definition) is 1. The molecular formula is C19H15F2N5O. The molecule has 8 heteroatoms. The summed E-state index contributed by atoms with van der Waals surface area (Å²) in [5.41, 5.74) is 4.69. The first-order valence-electron chi connectivity index (χ1n) is 8.63. The lowest BCUT2D eigenvalue weighted by atomic mass is 10.1. The Kier molecular flexibility index (Phi) is 3.71. The van der Waals surface area contributed by atoms with E-state index < -0.39 is 11.6 Å². The molecule has 0 fully saturated rings. The Labute approximate surface area is 152 Å². The second-order valence-corrected chi connectivity index (χ2v) is 6.64. The van der Waals surface area contributed by atoms with Crippen LogP contribution in [0.15, 0.2) is 41.0 Å². The molecule has 0 saturated heterocycles. The number of hydrogen-bond acceptors (Lipinski definition) is 5. The van der Waals surface area contributed by atoms with Crippen LogP contribution in [0.4, 0.5) is 8.78 Å². The molecule has 0 amide bonds. The molecule has 0 saturated carbocycles. The molecule has 0 unspecified atom stereocenters. The Balaban J connectivity index is 1.40. The van der Waals surface area contributed by atoms with Gasteiger partial charge in [-0.3, -0.25) is 4.90 Å². The molecule has 6 nitrogen and oxygen atoms in total. The van der Waals surface area contributed by atoms with Gasteiger partial charge in [0.15, 0.2) is 0 Å². The first-order chi connectivity index (χ1) is 13.2. The molecule has 1 aliphatic heterocycles. The monoisotopic (exact) mass is 367 g/mol. The fourth-order valence-electron chi connectivity index (χ4n) is 3.52. The Bertz CT molecular complexity index is 1140. The predicted octanol–water partition coefficient (Wildman–Crippen LogP) is 3.45. The number of nitrogens with zero attached hydrogens (tertiary/aromatic N) is 4. The van der Waals surface area contributed by atoms with Gasteiger partial charge in [0.2, 0.25) is 0 Å². The third-order valence-electron chi connectivity index (χ3n) is 4.86. The van der Waals surface area contributed by atoms with Crippen molar-refractivity contribution in [2.45, 2.75) is 19.5 Å². The first kappa shape index (κ1) is 16.1. The molecule has 136 valence electrons. The number of aromatic nitrogens is 4. The number of benzene rings is 2. The van der Waals surface area contributed by atoms with E-state index >= 15 is 0 Å². The van der Waals surface area contributed by atoms with Crippen LogP contribution < -0.4 is 0 Å². The van der Waals surface area contributed by atoms with Crippen molar-refractivity contribution >= 4 is 11.0 Å². The molecular weight excluding hydrogens is 352 g/mol. The molecule has 27 heavy (non-hydrogen) atoms. The van der Waals surface area contributed by atoms with E-state index in [0.717, 1.165) is 47.0 Å². The summed E-state index contributed by atoms with van der Waals surface area (Å²) in [6.45, 7) is 2.18. The standard InChI is InChI=1S/C19H15F2N5O/c20-12-4-5-13(14(21)8-12)19-22-15-6-7-26(10-17(15)23-19)9-11-2-1-3-16-18(11)25-27-24-16/h1-5,8H,6-7,9-10H2,(H,22,23). The Hall–Kier alpha value is -3.13. The summed E-state index contributed by atoms with van der Waals surface area (Å²) in [6.07, 6.45) is 0.752. The summed E-state index contributed by atoms with van der Waals surface area (Å²) in [4.78, 5) is 9.97. The molecule has 2 aromatic heterocycles. The predicted molar refractivity (Wildman–Crippen MR) is 93.6 cm³/mol. The van der Waals surface area contributed by atoms with Crippen molar-refractivity contribution in [1.29, 1.82) is 0 Å². The van der Waals surface area contributed by atoms with Gasteiger partial charge in [-0.05, 0) is 34.1 Å². The average molecular weight is 367 g/mol. The maximum absolute atomic E-state index is 14.1. The van der Waals surface area contributed by atoms with E-state index in [0.29, 0.717) is 18.9 Å². The van der Waals surface area contributed by atoms with Crippen molar-refractivity contribution in [3.63, 3.8) is 0 Å². The molecule has 0 radical (unpaired) electrons. The van der Waals surface area contributed by atoms with Crippen LogP contribution in [0.5, 0.6) is 0 Å². The van der Waals surface area contributed by atoms with Gasteiger partial charge >= 0.3 is 0 Å². The lowest BCUT2D eigenvalue weighted by molar-refractivity contribution is 0.242. The summed E-state index contributed by atoms with van der Waals surface area (Å²) in [6, 6.07) is 9.32. The Morgan fingerprint density at radius 2 is 2.07 bits per heavy atom. The van der Waals surface area contributed by atoms with Crippen molar-refractivity contribution in [3.05, 3.63) is 65.0 Å². The van der Waals surface area contributed by atoms with Gasteiger partial charge in [-0.2, -0.15) is 0 Å². The van der Waals surface area contributed by atoms with Crippen LogP contribution in [0.1, 0.15) is 17.0 Å². The molecule has 1 aliphatic rings.